The second-order valence-electron chi connectivity index (χ2n) is 4.77. The van der Waals surface area contributed by atoms with E-state index in [-0.39, 0.29) is 38.0 Å². The maximum atomic E-state index is 11.0. The second-order valence-corrected chi connectivity index (χ2v) is 8.05. The van der Waals surface area contributed by atoms with Crippen LogP contribution in [0.2, 0.25) is 0 Å². The van der Waals surface area contributed by atoms with Crippen molar-refractivity contribution >= 4 is 64.9 Å². The molecule has 0 amide bonds. The van der Waals surface area contributed by atoms with E-state index in [1.165, 1.54) is 21.4 Å². The van der Waals surface area contributed by atoms with Crippen molar-refractivity contribution < 1.29 is 28.5 Å². The first-order chi connectivity index (χ1) is 12.1. The summed E-state index contributed by atoms with van der Waals surface area (Å²) in [5, 5.41) is 0. The average molecular weight is 531 g/mol. The third-order valence-corrected chi connectivity index (χ3v) is 5.95. The molecule has 2 aromatic rings. The molecule has 27 heavy (non-hydrogen) atoms. The minimum Gasteiger partial charge on any atom is -0.147 e. The zero-order valence-corrected chi connectivity index (χ0v) is 18.7. The van der Waals surface area contributed by atoms with E-state index >= 15 is 0 Å². The average Bonchev–Trinajstić information content (AvgIpc) is 2.66. The van der Waals surface area contributed by atoms with Crippen LogP contribution in [0.4, 0.5) is 0 Å². The van der Waals surface area contributed by atoms with Crippen molar-refractivity contribution in [1.82, 2.24) is 0 Å². The summed E-state index contributed by atoms with van der Waals surface area (Å²) in [7, 11) is 2.65. The van der Waals surface area contributed by atoms with E-state index in [1.54, 1.807) is 0 Å². The number of hydrogen-bond acceptors (Lipinski definition) is 6. The van der Waals surface area contributed by atoms with E-state index < -0.39 is 32.9 Å². The van der Waals surface area contributed by atoms with Crippen molar-refractivity contribution in [3.63, 3.8) is 0 Å². The standard InChI is InChI=1S/C18H18O6Te.2ClH/c1-21-17(19)11-23-13-3-7-15(8-4-13)25-16-9-5-14(6-10-16)24-12-18(20)22-2;;/h3-10H,11-12H2,1-2H3;2*1H. The number of carbonyl (C=O) groups excluding carboxylic acids is 2. The van der Waals surface area contributed by atoms with Crippen molar-refractivity contribution in [2.45, 2.75) is 0 Å². The fourth-order valence-corrected chi connectivity index (χ4v) is 4.08. The fourth-order valence-electron chi connectivity index (χ4n) is 1.75. The summed E-state index contributed by atoms with van der Waals surface area (Å²) in [6, 6.07) is 15.4. The molecule has 2 aromatic carbocycles. The zero-order valence-electron chi connectivity index (χ0n) is 14.7. The molecular weight excluding hydrogens is 511 g/mol. The van der Waals surface area contributed by atoms with E-state index in [4.69, 9.17) is 9.47 Å². The van der Waals surface area contributed by atoms with Gasteiger partial charge in [-0.2, -0.15) is 0 Å². The number of halogens is 2. The van der Waals surface area contributed by atoms with E-state index in [9.17, 15) is 9.59 Å². The molecule has 0 fully saturated rings. The normalized spacial score (nSPS) is 9.26. The number of hydrogen-bond donors (Lipinski definition) is 0. The Morgan fingerprint density at radius 3 is 1.33 bits per heavy atom. The van der Waals surface area contributed by atoms with E-state index in [2.05, 4.69) is 9.47 Å². The summed E-state index contributed by atoms with van der Waals surface area (Å²) < 4.78 is 22.2. The Hall–Kier alpha value is -1.65. The van der Waals surface area contributed by atoms with Crippen LogP contribution >= 0.6 is 24.8 Å². The summed E-state index contributed by atoms with van der Waals surface area (Å²) in [6.45, 7) is -0.195. The van der Waals surface area contributed by atoms with Gasteiger partial charge in [-0.3, -0.25) is 0 Å². The van der Waals surface area contributed by atoms with Crippen LogP contribution in [0.5, 0.6) is 11.5 Å². The topological polar surface area (TPSA) is 71.1 Å². The van der Waals surface area contributed by atoms with E-state index in [0.717, 1.165) is 0 Å². The van der Waals surface area contributed by atoms with Gasteiger partial charge in [-0.25, -0.2) is 0 Å². The van der Waals surface area contributed by atoms with Gasteiger partial charge >= 0.3 is 156 Å². The molecule has 0 radical (unpaired) electrons. The number of methoxy groups -OCH3 is 2. The van der Waals surface area contributed by atoms with E-state index in [0.29, 0.717) is 11.5 Å². The molecule has 2 rings (SSSR count). The molecule has 0 saturated carbocycles. The van der Waals surface area contributed by atoms with Crippen LogP contribution in [0, 0.1) is 0 Å². The molecule has 0 aliphatic heterocycles. The Balaban J connectivity index is 0.00000338. The van der Waals surface area contributed by atoms with Crippen LogP contribution in [0.1, 0.15) is 0 Å². The predicted octanol–water partition coefficient (Wildman–Crippen LogP) is 1.29. The van der Waals surface area contributed by atoms with Gasteiger partial charge in [0.1, 0.15) is 0 Å². The smallest absolute Gasteiger partial charge is 0.147 e. The van der Waals surface area contributed by atoms with Crippen molar-refractivity contribution in [3.8, 4) is 11.5 Å². The van der Waals surface area contributed by atoms with Gasteiger partial charge in [-0.05, 0) is 0 Å². The third-order valence-electron chi connectivity index (χ3n) is 3.05. The van der Waals surface area contributed by atoms with Crippen LogP contribution < -0.4 is 16.7 Å². The first kappa shape index (κ1) is 25.3. The molecule has 0 heterocycles. The molecule has 0 aliphatic rings. The molecule has 6 nitrogen and oxygen atoms in total. The maximum absolute atomic E-state index is 11.0. The number of benzene rings is 2. The molecular formula is C18H20Cl2O6Te. The van der Waals surface area contributed by atoms with Crippen molar-refractivity contribution in [2.75, 3.05) is 27.4 Å². The number of esters is 2. The minimum absolute atomic E-state index is 0. The Morgan fingerprint density at radius 2 is 1.04 bits per heavy atom. The fraction of sp³-hybridized carbons (Fsp3) is 0.222. The Kier molecular flexibility index (Phi) is 12.7. The monoisotopic (exact) mass is 532 g/mol. The van der Waals surface area contributed by atoms with Crippen LogP contribution in [0.15, 0.2) is 48.5 Å². The molecule has 0 bridgehead atoms. The molecule has 0 unspecified atom stereocenters. The van der Waals surface area contributed by atoms with Gasteiger partial charge in [0.05, 0.1) is 0 Å². The predicted molar refractivity (Wildman–Crippen MR) is 107 cm³/mol. The summed E-state index contributed by atoms with van der Waals surface area (Å²) in [4.78, 5) is 22.1. The third kappa shape index (κ3) is 9.21. The minimum atomic E-state index is -0.541. The zero-order chi connectivity index (χ0) is 18.1. The summed E-state index contributed by atoms with van der Waals surface area (Å²) >= 11 is -0.541. The maximum Gasteiger partial charge on any atom is -0.147 e. The van der Waals surface area contributed by atoms with Gasteiger partial charge in [-0.1, -0.05) is 0 Å². The number of rotatable bonds is 8. The van der Waals surface area contributed by atoms with Gasteiger partial charge in [0.15, 0.2) is 0 Å². The van der Waals surface area contributed by atoms with Crippen molar-refractivity contribution in [2.24, 2.45) is 0 Å². The molecule has 0 aromatic heterocycles. The van der Waals surface area contributed by atoms with Gasteiger partial charge in [0, 0.05) is 0 Å². The van der Waals surface area contributed by atoms with Crippen LogP contribution in [0.3, 0.4) is 0 Å². The van der Waals surface area contributed by atoms with Gasteiger partial charge in [0.2, 0.25) is 0 Å². The molecule has 0 N–H and O–H groups in total. The molecule has 0 saturated heterocycles. The van der Waals surface area contributed by atoms with Crippen molar-refractivity contribution in [3.05, 3.63) is 48.5 Å². The number of carbonyl (C=O) groups is 2. The Labute approximate surface area is 180 Å². The number of ether oxygens (including phenoxy) is 4. The summed E-state index contributed by atoms with van der Waals surface area (Å²) in [6.07, 6.45) is 0. The van der Waals surface area contributed by atoms with Crippen LogP contribution in [-0.4, -0.2) is 60.3 Å². The molecule has 0 spiro atoms. The van der Waals surface area contributed by atoms with Crippen LogP contribution in [-0.2, 0) is 19.1 Å². The first-order valence-electron chi connectivity index (χ1n) is 7.38. The van der Waals surface area contributed by atoms with Crippen LogP contribution in [0.25, 0.3) is 0 Å². The largest absolute Gasteiger partial charge is 0.147 e. The van der Waals surface area contributed by atoms with E-state index in [1.807, 2.05) is 48.5 Å². The molecule has 0 atom stereocenters. The van der Waals surface area contributed by atoms with Gasteiger partial charge in [-0.15, -0.1) is 24.8 Å². The SMILES string of the molecule is COC(=O)COc1ccc([Te]c2ccc(OCC(=O)OC)cc2)cc1.Cl.Cl. The van der Waals surface area contributed by atoms with Gasteiger partial charge < -0.3 is 0 Å². The summed E-state index contributed by atoms with van der Waals surface area (Å²) in [5.74, 6) is 0.445. The molecule has 0 aliphatic carbocycles. The second kappa shape index (κ2) is 13.5. The Morgan fingerprint density at radius 1 is 0.704 bits per heavy atom. The first-order valence-corrected chi connectivity index (χ1v) is 9.71. The molecule has 9 heteroatoms. The summed E-state index contributed by atoms with van der Waals surface area (Å²) in [5.41, 5.74) is 0. The Bertz CT molecular complexity index is 645. The van der Waals surface area contributed by atoms with Crippen molar-refractivity contribution in [1.29, 1.82) is 0 Å². The quantitative estimate of drug-likeness (QED) is 0.378. The molecule has 148 valence electrons. The van der Waals surface area contributed by atoms with Gasteiger partial charge in [0.25, 0.3) is 0 Å².